The molecule has 0 aliphatic rings. The molecule has 0 radical (unpaired) electrons. The molecule has 0 heterocycles. The lowest BCUT2D eigenvalue weighted by Crippen LogP contribution is -2.19. The first kappa shape index (κ1) is 15.4. The molecular weight excluding hydrogens is 242 g/mol. The third-order valence-electron chi connectivity index (χ3n) is 2.97. The Kier molecular flexibility index (Phi) is 6.29. The Morgan fingerprint density at radius 2 is 2.11 bits per heavy atom. The van der Waals surface area contributed by atoms with Crippen molar-refractivity contribution in [2.75, 3.05) is 25.5 Å². The van der Waals surface area contributed by atoms with Crippen molar-refractivity contribution in [1.29, 1.82) is 0 Å². The summed E-state index contributed by atoms with van der Waals surface area (Å²) < 4.78 is 0. The highest BCUT2D eigenvalue weighted by Gasteiger charge is 2.13. The Balaban J connectivity index is 2.80. The molecule has 0 saturated carbocycles. The lowest BCUT2D eigenvalue weighted by molar-refractivity contribution is -0.384. The van der Waals surface area contributed by atoms with Gasteiger partial charge in [-0.05, 0) is 38.6 Å². The molecule has 0 unspecified atom stereocenters. The predicted octanol–water partition coefficient (Wildman–Crippen LogP) is 3.26. The molecule has 19 heavy (non-hydrogen) atoms. The van der Waals surface area contributed by atoms with E-state index in [9.17, 15) is 10.1 Å². The highest BCUT2D eigenvalue weighted by Crippen LogP contribution is 2.25. The van der Waals surface area contributed by atoms with Crippen LogP contribution in [-0.2, 0) is 6.54 Å². The molecular formula is C14H23N3O2. The minimum atomic E-state index is -0.345. The number of nitro groups is 1. The van der Waals surface area contributed by atoms with Crippen LogP contribution >= 0.6 is 0 Å². The fourth-order valence-electron chi connectivity index (χ4n) is 1.99. The van der Waals surface area contributed by atoms with Gasteiger partial charge in [-0.2, -0.15) is 0 Å². The fraction of sp³-hybridized carbons (Fsp3) is 0.571. The Hall–Kier alpha value is -1.62. The zero-order valence-corrected chi connectivity index (χ0v) is 12.0. The Bertz CT molecular complexity index is 421. The SMILES string of the molecule is CCCCN(C)Cc1ccc([N+](=O)[O-])c(NCC)c1. The highest BCUT2D eigenvalue weighted by molar-refractivity contribution is 5.62. The lowest BCUT2D eigenvalue weighted by atomic mass is 10.1. The summed E-state index contributed by atoms with van der Waals surface area (Å²) >= 11 is 0. The minimum Gasteiger partial charge on any atom is -0.380 e. The van der Waals surface area contributed by atoms with Crippen LogP contribution in [0.4, 0.5) is 11.4 Å². The molecule has 1 aromatic carbocycles. The van der Waals surface area contributed by atoms with Crippen molar-refractivity contribution in [1.82, 2.24) is 4.90 Å². The van der Waals surface area contributed by atoms with Crippen molar-refractivity contribution in [2.24, 2.45) is 0 Å². The minimum absolute atomic E-state index is 0.141. The monoisotopic (exact) mass is 265 g/mol. The zero-order chi connectivity index (χ0) is 14.3. The summed E-state index contributed by atoms with van der Waals surface area (Å²) in [6.45, 7) is 6.64. The molecule has 0 amide bonds. The van der Waals surface area contributed by atoms with E-state index < -0.39 is 0 Å². The molecule has 0 aliphatic carbocycles. The Labute approximate surface area is 114 Å². The second-order valence-electron chi connectivity index (χ2n) is 4.73. The molecule has 0 atom stereocenters. The number of unbranched alkanes of at least 4 members (excludes halogenated alkanes) is 1. The maximum absolute atomic E-state index is 10.9. The molecule has 5 nitrogen and oxygen atoms in total. The summed E-state index contributed by atoms with van der Waals surface area (Å²) in [5.74, 6) is 0. The molecule has 0 bridgehead atoms. The summed E-state index contributed by atoms with van der Waals surface area (Å²) in [5.41, 5.74) is 1.84. The molecule has 5 heteroatoms. The predicted molar refractivity (Wildman–Crippen MR) is 78.5 cm³/mol. The number of hydrogen-bond acceptors (Lipinski definition) is 4. The van der Waals surface area contributed by atoms with Gasteiger partial charge >= 0.3 is 0 Å². The maximum Gasteiger partial charge on any atom is 0.292 e. The molecule has 1 N–H and O–H groups in total. The van der Waals surface area contributed by atoms with Gasteiger partial charge in [-0.25, -0.2) is 0 Å². The first-order valence-electron chi connectivity index (χ1n) is 6.78. The van der Waals surface area contributed by atoms with E-state index >= 15 is 0 Å². The van der Waals surface area contributed by atoms with Gasteiger partial charge in [-0.15, -0.1) is 0 Å². The number of benzene rings is 1. The smallest absolute Gasteiger partial charge is 0.292 e. The van der Waals surface area contributed by atoms with Crippen molar-refractivity contribution in [3.8, 4) is 0 Å². The first-order valence-corrected chi connectivity index (χ1v) is 6.78. The Morgan fingerprint density at radius 1 is 1.37 bits per heavy atom. The van der Waals surface area contributed by atoms with Crippen LogP contribution in [0.5, 0.6) is 0 Å². The molecule has 106 valence electrons. The van der Waals surface area contributed by atoms with Crippen LogP contribution in [0, 0.1) is 10.1 Å². The van der Waals surface area contributed by atoms with E-state index in [1.54, 1.807) is 6.07 Å². The number of nitro benzene ring substituents is 1. The number of rotatable bonds is 8. The van der Waals surface area contributed by atoms with Crippen LogP contribution in [0.15, 0.2) is 18.2 Å². The van der Waals surface area contributed by atoms with E-state index in [-0.39, 0.29) is 10.6 Å². The second kappa shape index (κ2) is 7.74. The van der Waals surface area contributed by atoms with Crippen molar-refractivity contribution in [3.05, 3.63) is 33.9 Å². The normalized spacial score (nSPS) is 10.7. The molecule has 0 spiro atoms. The van der Waals surface area contributed by atoms with Crippen LogP contribution in [0.25, 0.3) is 0 Å². The topological polar surface area (TPSA) is 58.4 Å². The van der Waals surface area contributed by atoms with Crippen LogP contribution in [0.2, 0.25) is 0 Å². The molecule has 0 fully saturated rings. The van der Waals surface area contributed by atoms with Gasteiger partial charge < -0.3 is 10.2 Å². The quantitative estimate of drug-likeness (QED) is 0.579. The van der Waals surface area contributed by atoms with E-state index in [1.807, 2.05) is 19.1 Å². The fourth-order valence-corrected chi connectivity index (χ4v) is 1.99. The standard InChI is InChI=1S/C14H23N3O2/c1-4-6-9-16(3)11-12-7-8-14(17(18)19)13(10-12)15-5-2/h7-8,10,15H,4-6,9,11H2,1-3H3. The zero-order valence-electron chi connectivity index (χ0n) is 12.0. The van der Waals surface area contributed by atoms with Crippen LogP contribution in [-0.4, -0.2) is 30.0 Å². The summed E-state index contributed by atoms with van der Waals surface area (Å²) in [5, 5.41) is 14.0. The average molecular weight is 265 g/mol. The van der Waals surface area contributed by atoms with Gasteiger partial charge in [0.1, 0.15) is 5.69 Å². The number of nitrogens with one attached hydrogen (secondary N) is 1. The van der Waals surface area contributed by atoms with E-state index in [2.05, 4.69) is 24.2 Å². The number of hydrogen-bond donors (Lipinski definition) is 1. The van der Waals surface area contributed by atoms with Gasteiger partial charge in [-0.1, -0.05) is 19.4 Å². The van der Waals surface area contributed by atoms with E-state index in [0.717, 1.165) is 18.7 Å². The van der Waals surface area contributed by atoms with Crippen molar-refractivity contribution in [2.45, 2.75) is 33.2 Å². The number of anilines is 1. The van der Waals surface area contributed by atoms with Crippen molar-refractivity contribution in [3.63, 3.8) is 0 Å². The second-order valence-corrected chi connectivity index (χ2v) is 4.73. The number of nitrogens with zero attached hydrogens (tertiary/aromatic N) is 2. The van der Waals surface area contributed by atoms with Gasteiger partial charge in [0, 0.05) is 19.2 Å². The van der Waals surface area contributed by atoms with Crippen LogP contribution < -0.4 is 5.32 Å². The van der Waals surface area contributed by atoms with E-state index in [0.29, 0.717) is 12.2 Å². The maximum atomic E-state index is 10.9. The summed E-state index contributed by atoms with van der Waals surface area (Å²) in [6, 6.07) is 5.30. The van der Waals surface area contributed by atoms with E-state index in [1.165, 1.54) is 12.8 Å². The molecule has 0 saturated heterocycles. The van der Waals surface area contributed by atoms with E-state index in [4.69, 9.17) is 0 Å². The summed E-state index contributed by atoms with van der Waals surface area (Å²) in [4.78, 5) is 12.8. The summed E-state index contributed by atoms with van der Waals surface area (Å²) in [6.07, 6.45) is 2.34. The van der Waals surface area contributed by atoms with Crippen molar-refractivity contribution >= 4 is 11.4 Å². The molecule has 1 aromatic rings. The average Bonchev–Trinajstić information content (AvgIpc) is 2.36. The molecule has 0 aliphatic heterocycles. The van der Waals surface area contributed by atoms with Crippen LogP contribution in [0.1, 0.15) is 32.3 Å². The van der Waals surface area contributed by atoms with Gasteiger partial charge in [0.15, 0.2) is 0 Å². The lowest BCUT2D eigenvalue weighted by Gasteiger charge is -2.16. The third-order valence-corrected chi connectivity index (χ3v) is 2.97. The molecule has 1 rings (SSSR count). The highest BCUT2D eigenvalue weighted by atomic mass is 16.6. The summed E-state index contributed by atoms with van der Waals surface area (Å²) in [7, 11) is 2.07. The third kappa shape index (κ3) is 4.87. The first-order chi connectivity index (χ1) is 9.08. The van der Waals surface area contributed by atoms with Crippen LogP contribution in [0.3, 0.4) is 0 Å². The van der Waals surface area contributed by atoms with Gasteiger partial charge in [0.05, 0.1) is 4.92 Å². The Morgan fingerprint density at radius 3 is 2.68 bits per heavy atom. The molecule has 0 aromatic heterocycles. The largest absolute Gasteiger partial charge is 0.380 e. The van der Waals surface area contributed by atoms with Gasteiger partial charge in [-0.3, -0.25) is 10.1 Å². The van der Waals surface area contributed by atoms with Crippen molar-refractivity contribution < 1.29 is 4.92 Å². The van der Waals surface area contributed by atoms with Gasteiger partial charge in [0.2, 0.25) is 0 Å². The van der Waals surface area contributed by atoms with Gasteiger partial charge in [0.25, 0.3) is 5.69 Å².